The molecule has 0 aromatic heterocycles. The van der Waals surface area contributed by atoms with E-state index >= 15 is 0 Å². The van der Waals surface area contributed by atoms with Gasteiger partial charge in [-0.3, -0.25) is 0 Å². The van der Waals surface area contributed by atoms with Gasteiger partial charge >= 0.3 is 5.97 Å². The molecule has 0 radical (unpaired) electrons. The molecule has 4 N–H and O–H groups in total. The van der Waals surface area contributed by atoms with Crippen LogP contribution in [0.15, 0.2) is 0 Å². The molecule has 12 heavy (non-hydrogen) atoms. The highest BCUT2D eigenvalue weighted by Gasteiger charge is 2.39. The van der Waals surface area contributed by atoms with Gasteiger partial charge in [-0.05, 0) is 0 Å². The fraction of sp³-hybridized carbons (Fsp3) is 0.833. The summed E-state index contributed by atoms with van der Waals surface area (Å²) in [4.78, 5) is 10.3. The van der Waals surface area contributed by atoms with Crippen LogP contribution in [0.2, 0.25) is 0 Å². The molecule has 1 aliphatic rings. The third-order valence-corrected chi connectivity index (χ3v) is 1.69. The second-order valence-electron chi connectivity index (χ2n) is 2.66. The monoisotopic (exact) mass is 178 g/mol. The highest BCUT2D eigenvalue weighted by atomic mass is 16.6. The number of aliphatic hydroxyl groups excluding tert-OH is 3. The number of ether oxygens (including phenoxy) is 1. The average Bonchev–Trinajstić information content (AvgIpc) is 1.96. The fourth-order valence-corrected chi connectivity index (χ4v) is 1.04. The SMILES string of the molecule is O=C(O)[C@H]1O[C@@H](O)C(O)CC1O. The van der Waals surface area contributed by atoms with Crippen molar-refractivity contribution in [2.24, 2.45) is 0 Å². The van der Waals surface area contributed by atoms with Gasteiger partial charge in [0.15, 0.2) is 12.4 Å². The molecule has 1 heterocycles. The number of carboxylic acids is 1. The number of rotatable bonds is 1. The summed E-state index contributed by atoms with van der Waals surface area (Å²) in [7, 11) is 0. The Hall–Kier alpha value is -0.690. The van der Waals surface area contributed by atoms with Gasteiger partial charge in [-0.1, -0.05) is 0 Å². The van der Waals surface area contributed by atoms with Crippen LogP contribution in [0.3, 0.4) is 0 Å². The Morgan fingerprint density at radius 2 is 1.83 bits per heavy atom. The van der Waals surface area contributed by atoms with Gasteiger partial charge in [-0.15, -0.1) is 0 Å². The van der Waals surface area contributed by atoms with Gasteiger partial charge in [0, 0.05) is 6.42 Å². The lowest BCUT2D eigenvalue weighted by Gasteiger charge is -2.31. The van der Waals surface area contributed by atoms with Crippen LogP contribution in [0.25, 0.3) is 0 Å². The van der Waals surface area contributed by atoms with Crippen molar-refractivity contribution in [3.63, 3.8) is 0 Å². The maximum atomic E-state index is 10.3. The van der Waals surface area contributed by atoms with Gasteiger partial charge in [0.25, 0.3) is 0 Å². The van der Waals surface area contributed by atoms with Crippen LogP contribution in [-0.4, -0.2) is 51.0 Å². The minimum atomic E-state index is -1.53. The summed E-state index contributed by atoms with van der Waals surface area (Å²) in [5.74, 6) is -1.35. The van der Waals surface area contributed by atoms with Gasteiger partial charge < -0.3 is 25.2 Å². The Labute approximate surface area is 68.0 Å². The number of hydrogen-bond donors (Lipinski definition) is 4. The molecule has 1 aliphatic heterocycles. The lowest BCUT2D eigenvalue weighted by atomic mass is 10.0. The standard InChI is InChI=1S/C6H10O6/c7-2-1-3(8)6(11)12-4(2)5(9)10/h2-4,6-8,11H,1H2,(H,9,10)/t2?,3?,4-,6+/m0/s1. The zero-order valence-corrected chi connectivity index (χ0v) is 6.12. The van der Waals surface area contributed by atoms with Gasteiger partial charge in [0.1, 0.15) is 6.10 Å². The summed E-state index contributed by atoms with van der Waals surface area (Å²) >= 11 is 0. The van der Waals surface area contributed by atoms with Gasteiger partial charge in [0.05, 0.1) is 6.10 Å². The fourth-order valence-electron chi connectivity index (χ4n) is 1.04. The van der Waals surface area contributed by atoms with Crippen LogP contribution in [0.5, 0.6) is 0 Å². The first-order valence-corrected chi connectivity index (χ1v) is 3.45. The summed E-state index contributed by atoms with van der Waals surface area (Å²) in [6.45, 7) is 0. The predicted octanol–water partition coefficient (Wildman–Crippen LogP) is -2.10. The maximum Gasteiger partial charge on any atom is 0.335 e. The van der Waals surface area contributed by atoms with Crippen LogP contribution in [0, 0.1) is 0 Å². The van der Waals surface area contributed by atoms with E-state index in [0.717, 1.165) is 0 Å². The molecule has 6 nitrogen and oxygen atoms in total. The van der Waals surface area contributed by atoms with E-state index in [1.165, 1.54) is 0 Å². The Bertz CT molecular complexity index is 181. The van der Waals surface area contributed by atoms with Crippen LogP contribution < -0.4 is 0 Å². The number of carbonyl (C=O) groups is 1. The third-order valence-electron chi connectivity index (χ3n) is 1.69. The first-order valence-electron chi connectivity index (χ1n) is 3.45. The average molecular weight is 178 g/mol. The second kappa shape index (κ2) is 3.36. The van der Waals surface area contributed by atoms with E-state index in [0.29, 0.717) is 0 Å². The molecule has 0 bridgehead atoms. The number of aliphatic carboxylic acids is 1. The molecule has 0 aliphatic carbocycles. The maximum absolute atomic E-state index is 10.3. The minimum Gasteiger partial charge on any atom is -0.479 e. The lowest BCUT2D eigenvalue weighted by molar-refractivity contribution is -0.247. The molecule has 1 fully saturated rings. The van der Waals surface area contributed by atoms with E-state index in [4.69, 9.17) is 20.4 Å². The Morgan fingerprint density at radius 1 is 1.25 bits per heavy atom. The van der Waals surface area contributed by atoms with Crippen molar-refractivity contribution in [2.45, 2.75) is 31.0 Å². The molecule has 6 heteroatoms. The molecule has 70 valence electrons. The summed E-state index contributed by atoms with van der Waals surface area (Å²) < 4.78 is 4.43. The highest BCUT2D eigenvalue weighted by molar-refractivity contribution is 5.73. The van der Waals surface area contributed by atoms with Crippen molar-refractivity contribution in [1.29, 1.82) is 0 Å². The van der Waals surface area contributed by atoms with E-state index in [2.05, 4.69) is 4.74 Å². The first-order chi connectivity index (χ1) is 5.52. The summed E-state index contributed by atoms with van der Waals surface area (Å²) in [5, 5.41) is 35.3. The molecule has 0 amide bonds. The van der Waals surface area contributed by atoms with Crippen molar-refractivity contribution in [2.75, 3.05) is 0 Å². The predicted molar refractivity (Wildman–Crippen MR) is 35.1 cm³/mol. The molecule has 0 aromatic rings. The van der Waals surface area contributed by atoms with Crippen molar-refractivity contribution in [3.8, 4) is 0 Å². The van der Waals surface area contributed by atoms with E-state index < -0.39 is 30.6 Å². The number of aliphatic hydroxyl groups is 3. The van der Waals surface area contributed by atoms with Crippen LogP contribution in [0.1, 0.15) is 6.42 Å². The zero-order valence-electron chi connectivity index (χ0n) is 6.12. The highest BCUT2D eigenvalue weighted by Crippen LogP contribution is 2.18. The summed E-state index contributed by atoms with van der Waals surface area (Å²) in [6, 6.07) is 0. The number of carboxylic acid groups (broad SMARTS) is 1. The van der Waals surface area contributed by atoms with Crippen molar-refractivity contribution in [3.05, 3.63) is 0 Å². The van der Waals surface area contributed by atoms with Gasteiger partial charge in [-0.2, -0.15) is 0 Å². The Kier molecular flexibility index (Phi) is 2.63. The van der Waals surface area contributed by atoms with Crippen molar-refractivity contribution < 1.29 is 30.0 Å². The lowest BCUT2D eigenvalue weighted by Crippen LogP contribution is -2.50. The molecule has 0 saturated carbocycles. The molecule has 1 saturated heterocycles. The Morgan fingerprint density at radius 3 is 2.33 bits per heavy atom. The molecular weight excluding hydrogens is 168 g/mol. The quantitative estimate of drug-likeness (QED) is 0.366. The molecule has 4 atom stereocenters. The van der Waals surface area contributed by atoms with Crippen molar-refractivity contribution >= 4 is 5.97 Å². The summed E-state index contributed by atoms with van der Waals surface area (Å²) in [6.07, 6.45) is -5.69. The van der Waals surface area contributed by atoms with E-state index in [-0.39, 0.29) is 6.42 Å². The molecular formula is C6H10O6. The largest absolute Gasteiger partial charge is 0.479 e. The molecule has 0 spiro atoms. The molecule has 0 aromatic carbocycles. The van der Waals surface area contributed by atoms with Crippen molar-refractivity contribution in [1.82, 2.24) is 0 Å². The molecule has 1 rings (SSSR count). The molecule has 2 unspecified atom stereocenters. The minimum absolute atomic E-state index is 0.196. The van der Waals surface area contributed by atoms with Crippen LogP contribution in [-0.2, 0) is 9.53 Å². The summed E-state index contributed by atoms with van der Waals surface area (Å²) in [5.41, 5.74) is 0. The topological polar surface area (TPSA) is 107 Å². The van der Waals surface area contributed by atoms with Gasteiger partial charge in [-0.25, -0.2) is 4.79 Å². The smallest absolute Gasteiger partial charge is 0.335 e. The Balaban J connectivity index is 2.61. The third kappa shape index (κ3) is 1.72. The van der Waals surface area contributed by atoms with Gasteiger partial charge in [0.2, 0.25) is 0 Å². The normalized spacial score (nSPS) is 42.6. The van der Waals surface area contributed by atoms with Crippen LogP contribution >= 0.6 is 0 Å². The van der Waals surface area contributed by atoms with E-state index in [1.54, 1.807) is 0 Å². The number of hydrogen-bond acceptors (Lipinski definition) is 5. The second-order valence-corrected chi connectivity index (χ2v) is 2.66. The first kappa shape index (κ1) is 9.40. The zero-order chi connectivity index (χ0) is 9.30. The van der Waals surface area contributed by atoms with E-state index in [1.807, 2.05) is 0 Å². The van der Waals surface area contributed by atoms with E-state index in [9.17, 15) is 4.79 Å². The van der Waals surface area contributed by atoms with Crippen LogP contribution in [0.4, 0.5) is 0 Å².